The van der Waals surface area contributed by atoms with Gasteiger partial charge in [-0.15, -0.1) is 0 Å². The fourth-order valence-corrected chi connectivity index (χ4v) is 4.08. The lowest BCUT2D eigenvalue weighted by molar-refractivity contribution is -0.117. The summed E-state index contributed by atoms with van der Waals surface area (Å²) in [5.74, 6) is 1.73. The molecule has 0 radical (unpaired) electrons. The maximum absolute atomic E-state index is 12.4. The molecule has 3 rings (SSSR count). The zero-order valence-corrected chi connectivity index (χ0v) is 15.4. The Morgan fingerprint density at radius 1 is 1.33 bits per heavy atom. The van der Waals surface area contributed by atoms with E-state index in [-0.39, 0.29) is 11.4 Å². The van der Waals surface area contributed by atoms with Crippen molar-refractivity contribution in [2.24, 2.45) is 0 Å². The van der Waals surface area contributed by atoms with Crippen LogP contribution in [-0.2, 0) is 21.5 Å². The van der Waals surface area contributed by atoms with E-state index in [9.17, 15) is 4.79 Å². The summed E-state index contributed by atoms with van der Waals surface area (Å²) in [6.45, 7) is 10.8. The third-order valence-electron chi connectivity index (χ3n) is 5.40. The van der Waals surface area contributed by atoms with Crippen LogP contribution in [0.5, 0.6) is 0 Å². The summed E-state index contributed by atoms with van der Waals surface area (Å²) >= 11 is 0. The minimum absolute atomic E-state index is 0.0916. The number of aromatic nitrogens is 2. The normalized spacial score (nSPS) is 24.2. The molecule has 3 heterocycles. The monoisotopic (exact) mass is 332 g/mol. The molecule has 0 N–H and O–H groups in total. The number of aryl methyl sites for hydroxylation is 1. The van der Waals surface area contributed by atoms with Gasteiger partial charge in [0.15, 0.2) is 5.82 Å². The number of methoxy groups -OCH3 is 1. The fourth-order valence-electron chi connectivity index (χ4n) is 4.08. The Labute approximate surface area is 144 Å². The molecule has 6 heteroatoms. The highest BCUT2D eigenvalue weighted by atomic mass is 16.5. The second kappa shape index (κ2) is 6.41. The fraction of sp³-hybridized carbons (Fsp3) is 0.722. The summed E-state index contributed by atoms with van der Waals surface area (Å²) in [4.78, 5) is 26.3. The zero-order chi connectivity index (χ0) is 17.5. The maximum Gasteiger partial charge on any atom is 0.232 e. The van der Waals surface area contributed by atoms with E-state index in [1.54, 1.807) is 12.0 Å². The van der Waals surface area contributed by atoms with Gasteiger partial charge in [-0.25, -0.2) is 9.97 Å². The lowest BCUT2D eigenvalue weighted by atomic mass is 9.96. The number of anilines is 1. The molecule has 1 atom stereocenters. The lowest BCUT2D eigenvalue weighted by Gasteiger charge is -2.37. The molecule has 132 valence electrons. The SMILES string of the molecule is COCCN1C(=O)Cc2c(C)nc([C@]3(C)CCCN3C(C)C)nc21. The first-order chi connectivity index (χ1) is 11.4. The highest BCUT2D eigenvalue weighted by Crippen LogP contribution is 2.40. The van der Waals surface area contributed by atoms with Gasteiger partial charge in [0.05, 0.1) is 25.1 Å². The van der Waals surface area contributed by atoms with Gasteiger partial charge in [0.25, 0.3) is 0 Å². The smallest absolute Gasteiger partial charge is 0.232 e. The van der Waals surface area contributed by atoms with Crippen molar-refractivity contribution in [1.29, 1.82) is 0 Å². The highest BCUT2D eigenvalue weighted by molar-refractivity contribution is 6.00. The molecule has 0 bridgehead atoms. The molecule has 1 aromatic heterocycles. The number of carbonyl (C=O) groups is 1. The highest BCUT2D eigenvalue weighted by Gasteiger charge is 2.43. The van der Waals surface area contributed by atoms with Crippen LogP contribution in [0.15, 0.2) is 0 Å². The molecule has 6 nitrogen and oxygen atoms in total. The van der Waals surface area contributed by atoms with E-state index < -0.39 is 0 Å². The zero-order valence-electron chi connectivity index (χ0n) is 15.4. The summed E-state index contributed by atoms with van der Waals surface area (Å²) in [7, 11) is 1.65. The van der Waals surface area contributed by atoms with E-state index in [1.807, 2.05) is 6.92 Å². The van der Waals surface area contributed by atoms with Crippen molar-refractivity contribution < 1.29 is 9.53 Å². The summed E-state index contributed by atoms with van der Waals surface area (Å²) in [5, 5.41) is 0. The predicted molar refractivity (Wildman–Crippen MR) is 93.1 cm³/mol. The molecule has 0 saturated carbocycles. The van der Waals surface area contributed by atoms with E-state index in [0.717, 1.165) is 42.3 Å². The van der Waals surface area contributed by atoms with Gasteiger partial charge in [-0.1, -0.05) is 0 Å². The van der Waals surface area contributed by atoms with Gasteiger partial charge in [-0.05, 0) is 47.1 Å². The van der Waals surface area contributed by atoms with E-state index in [0.29, 0.717) is 25.6 Å². The molecule has 0 unspecified atom stereocenters. The topological polar surface area (TPSA) is 58.6 Å². The van der Waals surface area contributed by atoms with Crippen LogP contribution >= 0.6 is 0 Å². The van der Waals surface area contributed by atoms with Gasteiger partial charge in [0.1, 0.15) is 5.82 Å². The Morgan fingerprint density at radius 3 is 2.75 bits per heavy atom. The van der Waals surface area contributed by atoms with Crippen LogP contribution < -0.4 is 4.90 Å². The average Bonchev–Trinajstić information content (AvgIpc) is 3.07. The maximum atomic E-state index is 12.4. The van der Waals surface area contributed by atoms with Crippen molar-refractivity contribution in [2.45, 2.75) is 58.5 Å². The van der Waals surface area contributed by atoms with Crippen LogP contribution in [0.25, 0.3) is 0 Å². The molecule has 2 aliphatic rings. The number of rotatable bonds is 5. The number of hydrogen-bond acceptors (Lipinski definition) is 5. The number of ether oxygens (including phenoxy) is 1. The van der Waals surface area contributed by atoms with Crippen LogP contribution in [0, 0.1) is 6.92 Å². The lowest BCUT2D eigenvalue weighted by Crippen LogP contribution is -2.44. The standard InChI is InChI=1S/C18H28N4O2/c1-12(2)22-8-6-7-18(22,4)17-19-13(3)14-11-15(23)21(9-10-24-5)16(14)20-17/h12H,6-11H2,1-5H3/t18-/m0/s1. The number of nitrogens with zero attached hydrogens (tertiary/aromatic N) is 4. The van der Waals surface area contributed by atoms with Gasteiger partial charge in [-0.3, -0.25) is 14.6 Å². The van der Waals surface area contributed by atoms with Crippen molar-refractivity contribution in [3.05, 3.63) is 17.1 Å². The summed E-state index contributed by atoms with van der Waals surface area (Å²) < 4.78 is 5.15. The van der Waals surface area contributed by atoms with E-state index in [2.05, 4.69) is 25.7 Å². The third-order valence-corrected chi connectivity index (χ3v) is 5.40. The number of carbonyl (C=O) groups excluding carboxylic acids is 1. The summed E-state index contributed by atoms with van der Waals surface area (Å²) in [5.41, 5.74) is 1.74. The number of amides is 1. The Kier molecular flexibility index (Phi) is 4.62. The largest absolute Gasteiger partial charge is 0.383 e. The van der Waals surface area contributed by atoms with Crippen molar-refractivity contribution >= 4 is 11.7 Å². The van der Waals surface area contributed by atoms with E-state index in [4.69, 9.17) is 14.7 Å². The van der Waals surface area contributed by atoms with Crippen molar-refractivity contribution in [3.63, 3.8) is 0 Å². The van der Waals surface area contributed by atoms with Crippen LogP contribution in [0.3, 0.4) is 0 Å². The van der Waals surface area contributed by atoms with Crippen molar-refractivity contribution in [1.82, 2.24) is 14.9 Å². The molecule has 1 saturated heterocycles. The molecular weight excluding hydrogens is 304 g/mol. The van der Waals surface area contributed by atoms with E-state index in [1.165, 1.54) is 0 Å². The third kappa shape index (κ3) is 2.71. The van der Waals surface area contributed by atoms with Crippen LogP contribution in [-0.4, -0.2) is 53.6 Å². The van der Waals surface area contributed by atoms with Crippen molar-refractivity contribution in [3.8, 4) is 0 Å². The minimum atomic E-state index is -0.160. The van der Waals surface area contributed by atoms with Crippen LogP contribution in [0.2, 0.25) is 0 Å². The number of fused-ring (bicyclic) bond motifs is 1. The Balaban J connectivity index is 2.02. The molecular formula is C18H28N4O2. The predicted octanol–water partition coefficient (Wildman–Crippen LogP) is 2.04. The van der Waals surface area contributed by atoms with Gasteiger partial charge in [-0.2, -0.15) is 0 Å². The Hall–Kier alpha value is -1.53. The average molecular weight is 332 g/mol. The van der Waals surface area contributed by atoms with Gasteiger partial charge >= 0.3 is 0 Å². The molecule has 2 aliphatic heterocycles. The summed E-state index contributed by atoms with van der Waals surface area (Å²) in [6.07, 6.45) is 2.60. The Morgan fingerprint density at radius 2 is 2.08 bits per heavy atom. The van der Waals surface area contributed by atoms with E-state index >= 15 is 0 Å². The number of likely N-dealkylation sites (tertiary alicyclic amines) is 1. The molecule has 0 aromatic carbocycles. The summed E-state index contributed by atoms with van der Waals surface area (Å²) in [6, 6.07) is 0.445. The van der Waals surface area contributed by atoms with Gasteiger partial charge < -0.3 is 4.74 Å². The molecule has 0 aliphatic carbocycles. The molecule has 0 spiro atoms. The molecule has 1 amide bonds. The first-order valence-corrected chi connectivity index (χ1v) is 8.82. The minimum Gasteiger partial charge on any atom is -0.383 e. The molecule has 1 aromatic rings. The molecule has 1 fully saturated rings. The van der Waals surface area contributed by atoms with Crippen LogP contribution in [0.1, 0.15) is 50.7 Å². The second-order valence-electron chi connectivity index (χ2n) is 7.31. The Bertz CT molecular complexity index is 646. The quantitative estimate of drug-likeness (QED) is 0.826. The van der Waals surface area contributed by atoms with Gasteiger partial charge in [0.2, 0.25) is 5.91 Å². The van der Waals surface area contributed by atoms with Gasteiger partial charge in [0, 0.05) is 24.4 Å². The first kappa shape index (κ1) is 17.3. The van der Waals surface area contributed by atoms with Crippen LogP contribution in [0.4, 0.5) is 5.82 Å². The molecule has 24 heavy (non-hydrogen) atoms. The van der Waals surface area contributed by atoms with Crippen molar-refractivity contribution in [2.75, 3.05) is 31.7 Å². The second-order valence-corrected chi connectivity index (χ2v) is 7.31. The number of hydrogen-bond donors (Lipinski definition) is 0. The first-order valence-electron chi connectivity index (χ1n) is 8.82.